The molecule has 0 radical (unpaired) electrons. The molecule has 0 saturated carbocycles. The highest BCUT2D eigenvalue weighted by Gasteiger charge is 2.15. The molecule has 0 aromatic carbocycles. The molecule has 0 aliphatic heterocycles. The standard InChI is InChI=1S/C11H10N2O3S/c1-6-3-4-8(10(14)15)9(12-6)17-11-13-7(2)5-16-11/h3-5H,1-2H3,(H,14,15). The highest BCUT2D eigenvalue weighted by atomic mass is 32.2. The molecule has 0 atom stereocenters. The highest BCUT2D eigenvalue weighted by molar-refractivity contribution is 7.99. The summed E-state index contributed by atoms with van der Waals surface area (Å²) in [4.78, 5) is 19.3. The van der Waals surface area contributed by atoms with Crippen molar-refractivity contribution in [3.63, 3.8) is 0 Å². The average molecular weight is 250 g/mol. The first-order valence-corrected chi connectivity index (χ1v) is 5.69. The van der Waals surface area contributed by atoms with Gasteiger partial charge >= 0.3 is 5.97 Å². The van der Waals surface area contributed by atoms with E-state index in [-0.39, 0.29) is 5.56 Å². The van der Waals surface area contributed by atoms with Crippen LogP contribution < -0.4 is 0 Å². The van der Waals surface area contributed by atoms with E-state index in [0.29, 0.717) is 10.2 Å². The van der Waals surface area contributed by atoms with E-state index in [4.69, 9.17) is 9.52 Å². The van der Waals surface area contributed by atoms with E-state index in [1.807, 2.05) is 0 Å². The van der Waals surface area contributed by atoms with Crippen molar-refractivity contribution in [2.75, 3.05) is 0 Å². The summed E-state index contributed by atoms with van der Waals surface area (Å²) in [6.45, 7) is 3.60. The molecule has 2 aromatic rings. The fourth-order valence-electron chi connectivity index (χ4n) is 1.24. The summed E-state index contributed by atoms with van der Waals surface area (Å²) in [6, 6.07) is 3.19. The number of hydrogen-bond acceptors (Lipinski definition) is 5. The van der Waals surface area contributed by atoms with E-state index < -0.39 is 5.97 Å². The van der Waals surface area contributed by atoms with E-state index in [1.54, 1.807) is 19.9 Å². The van der Waals surface area contributed by atoms with Gasteiger partial charge in [0.25, 0.3) is 5.22 Å². The number of aromatic carboxylic acids is 1. The maximum atomic E-state index is 11.0. The molecule has 0 amide bonds. The van der Waals surface area contributed by atoms with Crippen LogP contribution in [0, 0.1) is 13.8 Å². The zero-order chi connectivity index (χ0) is 12.4. The van der Waals surface area contributed by atoms with Gasteiger partial charge in [0.05, 0.1) is 11.3 Å². The number of hydrogen-bond donors (Lipinski definition) is 1. The van der Waals surface area contributed by atoms with Crippen molar-refractivity contribution in [1.29, 1.82) is 0 Å². The van der Waals surface area contributed by atoms with E-state index in [0.717, 1.165) is 23.1 Å². The van der Waals surface area contributed by atoms with Crippen molar-refractivity contribution < 1.29 is 14.3 Å². The number of carboxylic acid groups (broad SMARTS) is 1. The number of carboxylic acids is 1. The lowest BCUT2D eigenvalue weighted by Gasteiger charge is -2.02. The second-order valence-corrected chi connectivity index (χ2v) is 4.41. The van der Waals surface area contributed by atoms with Crippen molar-refractivity contribution in [2.45, 2.75) is 24.1 Å². The molecule has 0 bridgehead atoms. The monoisotopic (exact) mass is 250 g/mol. The minimum absolute atomic E-state index is 0.149. The molecule has 6 heteroatoms. The molecule has 5 nitrogen and oxygen atoms in total. The van der Waals surface area contributed by atoms with Crippen LogP contribution in [0.2, 0.25) is 0 Å². The first-order chi connectivity index (χ1) is 8.06. The Hall–Kier alpha value is -1.82. The van der Waals surface area contributed by atoms with Gasteiger partial charge < -0.3 is 9.52 Å². The topological polar surface area (TPSA) is 76.2 Å². The molecule has 0 aliphatic rings. The molecule has 2 heterocycles. The molecule has 88 valence electrons. The summed E-state index contributed by atoms with van der Waals surface area (Å²) in [7, 11) is 0. The van der Waals surface area contributed by atoms with Gasteiger partial charge in [0, 0.05) is 5.69 Å². The molecular formula is C11H10N2O3S. The van der Waals surface area contributed by atoms with Crippen molar-refractivity contribution in [2.24, 2.45) is 0 Å². The van der Waals surface area contributed by atoms with Crippen LogP contribution in [0.15, 0.2) is 33.1 Å². The number of carbonyl (C=O) groups is 1. The zero-order valence-corrected chi connectivity index (χ0v) is 10.1. The van der Waals surface area contributed by atoms with Gasteiger partial charge in [-0.2, -0.15) is 0 Å². The van der Waals surface area contributed by atoms with Crippen molar-refractivity contribution >= 4 is 17.7 Å². The van der Waals surface area contributed by atoms with Crippen LogP contribution in [0.1, 0.15) is 21.7 Å². The van der Waals surface area contributed by atoms with Crippen LogP contribution in [0.4, 0.5) is 0 Å². The third kappa shape index (κ3) is 2.65. The molecule has 1 N–H and O–H groups in total. The Kier molecular flexibility index (Phi) is 3.14. The third-order valence-corrected chi connectivity index (χ3v) is 2.88. The van der Waals surface area contributed by atoms with Gasteiger partial charge in [-0.15, -0.1) is 0 Å². The van der Waals surface area contributed by atoms with E-state index in [9.17, 15) is 4.79 Å². The van der Waals surface area contributed by atoms with Crippen LogP contribution in [0.5, 0.6) is 0 Å². The Bertz CT molecular complexity index is 566. The maximum Gasteiger partial charge on any atom is 0.338 e. The smallest absolute Gasteiger partial charge is 0.338 e. The first-order valence-electron chi connectivity index (χ1n) is 4.87. The minimum atomic E-state index is -1.01. The second kappa shape index (κ2) is 4.58. The fourth-order valence-corrected chi connectivity index (χ4v) is 2.14. The van der Waals surface area contributed by atoms with Crippen LogP contribution in [0.25, 0.3) is 0 Å². The lowest BCUT2D eigenvalue weighted by molar-refractivity contribution is 0.0692. The molecule has 0 fully saturated rings. The van der Waals surface area contributed by atoms with Gasteiger partial charge in [0.2, 0.25) is 0 Å². The Labute approximate surface area is 102 Å². The van der Waals surface area contributed by atoms with Crippen LogP contribution in [-0.2, 0) is 0 Å². The van der Waals surface area contributed by atoms with Gasteiger partial charge in [-0.05, 0) is 37.7 Å². The molecule has 0 saturated heterocycles. The third-order valence-electron chi connectivity index (χ3n) is 2.01. The number of oxazole rings is 1. The Morgan fingerprint density at radius 1 is 1.29 bits per heavy atom. The van der Waals surface area contributed by atoms with Gasteiger partial charge in [0.15, 0.2) is 0 Å². The quantitative estimate of drug-likeness (QED) is 0.902. The number of aromatic nitrogens is 2. The van der Waals surface area contributed by atoms with Gasteiger partial charge in [-0.25, -0.2) is 14.8 Å². The maximum absolute atomic E-state index is 11.0. The van der Waals surface area contributed by atoms with Crippen molar-refractivity contribution in [1.82, 2.24) is 9.97 Å². The van der Waals surface area contributed by atoms with Crippen molar-refractivity contribution in [3.05, 3.63) is 35.3 Å². The zero-order valence-electron chi connectivity index (χ0n) is 9.30. The molecule has 2 aromatic heterocycles. The lowest BCUT2D eigenvalue weighted by atomic mass is 10.2. The summed E-state index contributed by atoms with van der Waals surface area (Å²) >= 11 is 1.11. The average Bonchev–Trinajstić information content (AvgIpc) is 2.63. The first kappa shape index (κ1) is 11.7. The van der Waals surface area contributed by atoms with Crippen LogP contribution in [0.3, 0.4) is 0 Å². The molecular weight excluding hydrogens is 240 g/mol. The summed E-state index contributed by atoms with van der Waals surface area (Å²) in [5.41, 5.74) is 1.65. The Balaban J connectivity index is 2.37. The van der Waals surface area contributed by atoms with Crippen LogP contribution in [-0.4, -0.2) is 21.0 Å². The van der Waals surface area contributed by atoms with E-state index in [1.165, 1.54) is 12.3 Å². The summed E-state index contributed by atoms with van der Waals surface area (Å²) in [5.74, 6) is -1.01. The highest BCUT2D eigenvalue weighted by Crippen LogP contribution is 2.28. The van der Waals surface area contributed by atoms with Gasteiger partial charge in [0.1, 0.15) is 11.3 Å². The Morgan fingerprint density at radius 3 is 2.65 bits per heavy atom. The molecule has 0 aliphatic carbocycles. The van der Waals surface area contributed by atoms with E-state index >= 15 is 0 Å². The minimum Gasteiger partial charge on any atom is -0.478 e. The normalized spacial score (nSPS) is 10.5. The predicted octanol–water partition coefficient (Wildman–Crippen LogP) is 2.54. The second-order valence-electron chi connectivity index (χ2n) is 3.47. The summed E-state index contributed by atoms with van der Waals surface area (Å²) in [5, 5.41) is 9.82. The number of nitrogens with zero attached hydrogens (tertiary/aromatic N) is 2. The van der Waals surface area contributed by atoms with Crippen LogP contribution >= 0.6 is 11.8 Å². The number of rotatable bonds is 3. The molecule has 0 unspecified atom stereocenters. The Morgan fingerprint density at radius 2 is 2.06 bits per heavy atom. The van der Waals surface area contributed by atoms with Gasteiger partial charge in [-0.3, -0.25) is 0 Å². The largest absolute Gasteiger partial charge is 0.478 e. The molecule has 0 spiro atoms. The van der Waals surface area contributed by atoms with Gasteiger partial charge in [-0.1, -0.05) is 0 Å². The summed E-state index contributed by atoms with van der Waals surface area (Å²) in [6.07, 6.45) is 1.51. The number of aryl methyl sites for hydroxylation is 2. The lowest BCUT2D eigenvalue weighted by Crippen LogP contribution is -2.01. The predicted molar refractivity (Wildman–Crippen MR) is 61.3 cm³/mol. The fraction of sp³-hybridized carbons (Fsp3) is 0.182. The molecule has 2 rings (SSSR count). The number of pyridine rings is 1. The SMILES string of the molecule is Cc1coc(Sc2nc(C)ccc2C(=O)O)n1. The summed E-state index contributed by atoms with van der Waals surface area (Å²) < 4.78 is 5.16. The van der Waals surface area contributed by atoms with Crippen molar-refractivity contribution in [3.8, 4) is 0 Å². The molecule has 17 heavy (non-hydrogen) atoms. The van der Waals surface area contributed by atoms with E-state index in [2.05, 4.69) is 9.97 Å².